The summed E-state index contributed by atoms with van der Waals surface area (Å²) in [6.45, 7) is 3.51. The highest BCUT2D eigenvalue weighted by Crippen LogP contribution is 2.24. The molecule has 0 unspecified atom stereocenters. The first kappa shape index (κ1) is 15.0. The number of hydrogen-bond donors (Lipinski definition) is 1. The number of carbonyl (C=O) groups is 1. The van der Waals surface area contributed by atoms with E-state index in [9.17, 15) is 4.79 Å². The van der Waals surface area contributed by atoms with Gasteiger partial charge in [0.15, 0.2) is 0 Å². The van der Waals surface area contributed by atoms with E-state index in [-0.39, 0.29) is 11.9 Å². The van der Waals surface area contributed by atoms with Crippen LogP contribution in [0.2, 0.25) is 0 Å². The Balaban J connectivity index is 1.85. The second-order valence-electron chi connectivity index (χ2n) is 5.55. The molecule has 4 heteroatoms. The minimum absolute atomic E-state index is 0.0111. The Hall–Kier alpha value is -2.88. The summed E-state index contributed by atoms with van der Waals surface area (Å²) in [6.07, 6.45) is 3.70. The Morgan fingerprint density at radius 2 is 1.87 bits per heavy atom. The number of carbonyl (C=O) groups excluding carboxylic acids is 1. The highest BCUT2D eigenvalue weighted by molar-refractivity contribution is 5.73. The molecular weight excluding hydrogens is 286 g/mol. The summed E-state index contributed by atoms with van der Waals surface area (Å²) in [5.41, 5.74) is 4.39. The second kappa shape index (κ2) is 6.48. The molecule has 0 saturated carbocycles. The van der Waals surface area contributed by atoms with Crippen LogP contribution in [0.25, 0.3) is 16.8 Å². The summed E-state index contributed by atoms with van der Waals surface area (Å²) in [5.74, 6) is -0.0199. The van der Waals surface area contributed by atoms with Gasteiger partial charge >= 0.3 is 0 Å². The normalized spacial score (nSPS) is 11.9. The highest BCUT2D eigenvalue weighted by atomic mass is 16.1. The minimum atomic E-state index is -0.0199. The number of rotatable bonds is 4. The van der Waals surface area contributed by atoms with Crippen molar-refractivity contribution in [3.05, 3.63) is 72.6 Å². The van der Waals surface area contributed by atoms with E-state index in [4.69, 9.17) is 0 Å². The molecule has 1 aromatic heterocycles. The fraction of sp³-hybridized carbons (Fsp3) is 0.158. The van der Waals surface area contributed by atoms with Gasteiger partial charge in [-0.1, -0.05) is 36.4 Å². The van der Waals surface area contributed by atoms with Crippen molar-refractivity contribution in [1.82, 2.24) is 15.1 Å². The Bertz CT molecular complexity index is 792. The molecule has 4 nitrogen and oxygen atoms in total. The van der Waals surface area contributed by atoms with Gasteiger partial charge in [0.2, 0.25) is 5.91 Å². The number of nitrogens with one attached hydrogen (secondary N) is 1. The maximum Gasteiger partial charge on any atom is 0.217 e. The lowest BCUT2D eigenvalue weighted by Crippen LogP contribution is -2.23. The first-order valence-electron chi connectivity index (χ1n) is 7.61. The summed E-state index contributed by atoms with van der Waals surface area (Å²) < 4.78 is 1.84. The number of benzene rings is 2. The predicted octanol–water partition coefficient (Wildman–Crippen LogP) is 3.74. The summed E-state index contributed by atoms with van der Waals surface area (Å²) >= 11 is 0. The van der Waals surface area contributed by atoms with Crippen LogP contribution in [0.4, 0.5) is 0 Å². The van der Waals surface area contributed by atoms with Gasteiger partial charge < -0.3 is 5.32 Å². The van der Waals surface area contributed by atoms with E-state index in [1.54, 1.807) is 6.20 Å². The van der Waals surface area contributed by atoms with E-state index in [0.717, 1.165) is 22.4 Å². The zero-order chi connectivity index (χ0) is 16.2. The van der Waals surface area contributed by atoms with Crippen molar-refractivity contribution in [2.75, 3.05) is 0 Å². The average Bonchev–Trinajstić information content (AvgIpc) is 3.09. The van der Waals surface area contributed by atoms with Gasteiger partial charge in [-0.15, -0.1) is 0 Å². The molecule has 0 aliphatic heterocycles. The molecule has 1 atom stereocenters. The van der Waals surface area contributed by atoms with E-state index >= 15 is 0 Å². The lowest BCUT2D eigenvalue weighted by atomic mass is 10.0. The third-order valence-corrected chi connectivity index (χ3v) is 3.78. The van der Waals surface area contributed by atoms with Crippen LogP contribution in [-0.4, -0.2) is 15.7 Å². The first-order valence-corrected chi connectivity index (χ1v) is 7.61. The molecule has 0 bridgehead atoms. The van der Waals surface area contributed by atoms with Gasteiger partial charge in [0.05, 0.1) is 11.7 Å². The fourth-order valence-corrected chi connectivity index (χ4v) is 2.60. The quantitative estimate of drug-likeness (QED) is 0.798. The molecule has 0 spiro atoms. The SMILES string of the molecule is CC(=O)N[C@H](C)c1ccc(-c2cccc(-n3cccn3)c2)cc1. The van der Waals surface area contributed by atoms with Crippen molar-refractivity contribution in [2.24, 2.45) is 0 Å². The largest absolute Gasteiger partial charge is 0.350 e. The zero-order valence-electron chi connectivity index (χ0n) is 13.2. The summed E-state index contributed by atoms with van der Waals surface area (Å²) in [4.78, 5) is 11.1. The van der Waals surface area contributed by atoms with Crippen molar-refractivity contribution in [3.8, 4) is 16.8 Å². The molecule has 0 aliphatic rings. The summed E-state index contributed by atoms with van der Waals surface area (Å²) in [5, 5.41) is 7.16. The molecule has 0 aliphatic carbocycles. The second-order valence-corrected chi connectivity index (χ2v) is 5.55. The predicted molar refractivity (Wildman–Crippen MR) is 91.2 cm³/mol. The number of aromatic nitrogens is 2. The molecular formula is C19H19N3O. The van der Waals surface area contributed by atoms with Crippen LogP contribution >= 0.6 is 0 Å². The van der Waals surface area contributed by atoms with Gasteiger partial charge in [-0.3, -0.25) is 4.79 Å². The van der Waals surface area contributed by atoms with Gasteiger partial charge in [0, 0.05) is 19.3 Å². The van der Waals surface area contributed by atoms with Crippen LogP contribution in [0.15, 0.2) is 67.0 Å². The van der Waals surface area contributed by atoms with E-state index in [1.165, 1.54) is 6.92 Å². The summed E-state index contributed by atoms with van der Waals surface area (Å²) in [6, 6.07) is 18.4. The van der Waals surface area contributed by atoms with E-state index < -0.39 is 0 Å². The molecule has 0 fully saturated rings. The number of amides is 1. The van der Waals surface area contributed by atoms with Crippen LogP contribution in [0.3, 0.4) is 0 Å². The molecule has 1 heterocycles. The third-order valence-electron chi connectivity index (χ3n) is 3.78. The van der Waals surface area contributed by atoms with Crippen molar-refractivity contribution in [2.45, 2.75) is 19.9 Å². The van der Waals surface area contributed by atoms with Crippen molar-refractivity contribution in [3.63, 3.8) is 0 Å². The van der Waals surface area contributed by atoms with Crippen LogP contribution in [0.5, 0.6) is 0 Å². The van der Waals surface area contributed by atoms with E-state index in [0.29, 0.717) is 0 Å². The maximum atomic E-state index is 11.1. The lowest BCUT2D eigenvalue weighted by Gasteiger charge is -2.13. The zero-order valence-corrected chi connectivity index (χ0v) is 13.2. The van der Waals surface area contributed by atoms with Crippen LogP contribution in [0, 0.1) is 0 Å². The molecule has 1 N–H and O–H groups in total. The number of nitrogens with zero attached hydrogens (tertiary/aromatic N) is 2. The van der Waals surface area contributed by atoms with Gasteiger partial charge in [-0.2, -0.15) is 5.10 Å². The maximum absolute atomic E-state index is 11.1. The van der Waals surface area contributed by atoms with Crippen molar-refractivity contribution >= 4 is 5.91 Å². The van der Waals surface area contributed by atoms with Crippen LogP contribution in [0.1, 0.15) is 25.5 Å². The molecule has 1 amide bonds. The van der Waals surface area contributed by atoms with E-state index in [1.807, 2.05) is 36.0 Å². The fourth-order valence-electron chi connectivity index (χ4n) is 2.60. The Labute approximate surface area is 135 Å². The molecule has 0 radical (unpaired) electrons. The molecule has 3 aromatic rings. The van der Waals surface area contributed by atoms with Crippen LogP contribution < -0.4 is 5.32 Å². The summed E-state index contributed by atoms with van der Waals surface area (Å²) in [7, 11) is 0. The minimum Gasteiger partial charge on any atom is -0.350 e. The Kier molecular flexibility index (Phi) is 4.24. The van der Waals surface area contributed by atoms with Crippen molar-refractivity contribution in [1.29, 1.82) is 0 Å². The van der Waals surface area contributed by atoms with Gasteiger partial charge in [0.25, 0.3) is 0 Å². The Morgan fingerprint density at radius 1 is 1.09 bits per heavy atom. The number of hydrogen-bond acceptors (Lipinski definition) is 2. The monoisotopic (exact) mass is 305 g/mol. The Morgan fingerprint density at radius 3 is 2.52 bits per heavy atom. The van der Waals surface area contributed by atoms with E-state index in [2.05, 4.69) is 46.8 Å². The molecule has 23 heavy (non-hydrogen) atoms. The van der Waals surface area contributed by atoms with Gasteiger partial charge in [-0.25, -0.2) is 4.68 Å². The molecule has 116 valence electrons. The average molecular weight is 305 g/mol. The lowest BCUT2D eigenvalue weighted by molar-refractivity contribution is -0.119. The topological polar surface area (TPSA) is 46.9 Å². The molecule has 2 aromatic carbocycles. The van der Waals surface area contributed by atoms with Crippen molar-refractivity contribution < 1.29 is 4.79 Å². The third kappa shape index (κ3) is 3.48. The smallest absolute Gasteiger partial charge is 0.217 e. The van der Waals surface area contributed by atoms with Crippen LogP contribution in [-0.2, 0) is 4.79 Å². The van der Waals surface area contributed by atoms with Gasteiger partial charge in [0.1, 0.15) is 0 Å². The first-order chi connectivity index (χ1) is 11.1. The van der Waals surface area contributed by atoms with Gasteiger partial charge in [-0.05, 0) is 41.8 Å². The highest BCUT2D eigenvalue weighted by Gasteiger charge is 2.07. The standard InChI is InChI=1S/C19H19N3O/c1-14(21-15(2)23)16-7-9-17(10-8-16)18-5-3-6-19(13-18)22-12-4-11-20-22/h3-14H,1-2H3,(H,21,23)/t14-/m1/s1. The molecule has 0 saturated heterocycles. The molecule has 3 rings (SSSR count).